The number of rotatable bonds is 8. The normalized spacial score (nSPS) is 10.8. The van der Waals surface area contributed by atoms with E-state index in [2.05, 4.69) is 15.3 Å². The van der Waals surface area contributed by atoms with E-state index < -0.39 is 5.76 Å². The van der Waals surface area contributed by atoms with Crippen LogP contribution in [0, 0.1) is 13.8 Å². The minimum atomic E-state index is -2.56. The van der Waals surface area contributed by atoms with E-state index in [9.17, 15) is 13.6 Å². The molecule has 1 heterocycles. The number of hydrogen-bond donors (Lipinski definition) is 1. The Hall–Kier alpha value is -2.22. The van der Waals surface area contributed by atoms with E-state index in [0.717, 1.165) is 16.9 Å². The van der Waals surface area contributed by atoms with Crippen LogP contribution in [0.2, 0.25) is 0 Å². The molecular formula is C18H21F2N3O2S. The Morgan fingerprint density at radius 1 is 1.23 bits per heavy atom. The van der Waals surface area contributed by atoms with Gasteiger partial charge in [0.05, 0.1) is 7.11 Å². The van der Waals surface area contributed by atoms with Crippen molar-refractivity contribution in [2.45, 2.75) is 44.1 Å². The first-order valence-electron chi connectivity index (χ1n) is 8.08. The number of methoxy groups -OCH3 is 1. The summed E-state index contributed by atoms with van der Waals surface area (Å²) in [4.78, 5) is 20.3. The standard InChI is InChI=1S/C18H21F2N3O2S/c1-11-14(12(2)23-18(22-11)26-17(19)20)8-9-16(24)21-10-13-6-4-5-7-15(13)25-3/h4-7,17H,8-10H2,1-3H3,(H,21,24). The van der Waals surface area contributed by atoms with Crippen molar-refractivity contribution in [3.63, 3.8) is 0 Å². The Kier molecular flexibility index (Phi) is 7.32. The molecule has 0 aliphatic rings. The molecule has 1 aromatic heterocycles. The first-order valence-corrected chi connectivity index (χ1v) is 8.96. The number of amides is 1. The number of halogens is 2. The predicted molar refractivity (Wildman–Crippen MR) is 96.5 cm³/mol. The molecular weight excluding hydrogens is 360 g/mol. The fourth-order valence-electron chi connectivity index (χ4n) is 2.57. The number of thioether (sulfide) groups is 1. The molecule has 5 nitrogen and oxygen atoms in total. The molecule has 0 fully saturated rings. The van der Waals surface area contributed by atoms with Gasteiger partial charge in [-0.25, -0.2) is 9.97 Å². The van der Waals surface area contributed by atoms with Crippen LogP contribution in [0.1, 0.15) is 28.9 Å². The molecule has 1 aromatic carbocycles. The average molecular weight is 381 g/mol. The van der Waals surface area contributed by atoms with Gasteiger partial charge < -0.3 is 10.1 Å². The van der Waals surface area contributed by atoms with Crippen LogP contribution < -0.4 is 10.1 Å². The van der Waals surface area contributed by atoms with Crippen molar-refractivity contribution in [2.24, 2.45) is 0 Å². The van der Waals surface area contributed by atoms with E-state index >= 15 is 0 Å². The van der Waals surface area contributed by atoms with Gasteiger partial charge in [-0.3, -0.25) is 4.79 Å². The zero-order valence-electron chi connectivity index (χ0n) is 14.9. The Morgan fingerprint density at radius 3 is 2.50 bits per heavy atom. The minimum Gasteiger partial charge on any atom is -0.496 e. The Morgan fingerprint density at radius 2 is 1.88 bits per heavy atom. The topological polar surface area (TPSA) is 64.1 Å². The summed E-state index contributed by atoms with van der Waals surface area (Å²) in [6.45, 7) is 3.86. The van der Waals surface area contributed by atoms with Gasteiger partial charge in [0.1, 0.15) is 5.75 Å². The number of hydrogen-bond acceptors (Lipinski definition) is 5. The molecule has 2 rings (SSSR count). The van der Waals surface area contributed by atoms with E-state index in [4.69, 9.17) is 4.74 Å². The lowest BCUT2D eigenvalue weighted by Crippen LogP contribution is -2.23. The monoisotopic (exact) mass is 381 g/mol. The van der Waals surface area contributed by atoms with Gasteiger partial charge in [-0.1, -0.05) is 18.2 Å². The molecule has 0 atom stereocenters. The quantitative estimate of drug-likeness (QED) is 0.558. The van der Waals surface area contributed by atoms with E-state index in [1.807, 2.05) is 24.3 Å². The van der Waals surface area contributed by atoms with Crippen LogP contribution in [0.4, 0.5) is 8.78 Å². The molecule has 0 aliphatic heterocycles. The number of para-hydroxylation sites is 1. The Bertz CT molecular complexity index is 749. The van der Waals surface area contributed by atoms with Crippen molar-refractivity contribution in [1.29, 1.82) is 0 Å². The van der Waals surface area contributed by atoms with Crippen LogP contribution in [0.25, 0.3) is 0 Å². The maximum absolute atomic E-state index is 12.4. The summed E-state index contributed by atoms with van der Waals surface area (Å²) < 4.78 is 30.1. The second-order valence-electron chi connectivity index (χ2n) is 5.62. The first-order chi connectivity index (χ1) is 12.4. The number of nitrogens with zero attached hydrogens (tertiary/aromatic N) is 2. The highest BCUT2D eigenvalue weighted by atomic mass is 32.2. The van der Waals surface area contributed by atoms with Crippen molar-refractivity contribution in [3.05, 3.63) is 46.8 Å². The van der Waals surface area contributed by atoms with Crippen molar-refractivity contribution in [2.75, 3.05) is 7.11 Å². The second-order valence-corrected chi connectivity index (χ2v) is 6.58. The first kappa shape index (κ1) is 20.1. The van der Waals surface area contributed by atoms with Crippen molar-refractivity contribution >= 4 is 17.7 Å². The lowest BCUT2D eigenvalue weighted by atomic mass is 10.1. The molecule has 1 amide bonds. The van der Waals surface area contributed by atoms with Crippen LogP contribution in [-0.4, -0.2) is 28.7 Å². The molecule has 0 aliphatic carbocycles. The number of benzene rings is 1. The van der Waals surface area contributed by atoms with Gasteiger partial charge in [-0.15, -0.1) is 0 Å². The Balaban J connectivity index is 1.93. The summed E-state index contributed by atoms with van der Waals surface area (Å²) in [5.41, 5.74) is 2.96. The number of ether oxygens (including phenoxy) is 1. The van der Waals surface area contributed by atoms with Crippen LogP contribution >= 0.6 is 11.8 Å². The van der Waals surface area contributed by atoms with E-state index in [0.29, 0.717) is 36.1 Å². The summed E-state index contributed by atoms with van der Waals surface area (Å²) in [7, 11) is 1.59. The number of nitrogens with one attached hydrogen (secondary N) is 1. The van der Waals surface area contributed by atoms with Crippen LogP contribution in [0.3, 0.4) is 0 Å². The molecule has 140 valence electrons. The van der Waals surface area contributed by atoms with Gasteiger partial charge in [0.15, 0.2) is 5.16 Å². The number of alkyl halides is 2. The molecule has 2 aromatic rings. The van der Waals surface area contributed by atoms with Gasteiger partial charge in [-0.2, -0.15) is 8.78 Å². The highest BCUT2D eigenvalue weighted by molar-refractivity contribution is 7.99. The zero-order valence-corrected chi connectivity index (χ0v) is 15.7. The van der Waals surface area contributed by atoms with Gasteiger partial charge in [0, 0.05) is 29.9 Å². The predicted octanol–water partition coefficient (Wildman–Crippen LogP) is 3.67. The third-order valence-corrected chi connectivity index (χ3v) is 4.44. The molecule has 0 spiro atoms. The van der Waals surface area contributed by atoms with Gasteiger partial charge in [-0.05, 0) is 43.7 Å². The van der Waals surface area contributed by atoms with E-state index in [-0.39, 0.29) is 17.5 Å². The molecule has 0 saturated carbocycles. The van der Waals surface area contributed by atoms with Crippen molar-refractivity contribution in [1.82, 2.24) is 15.3 Å². The second kappa shape index (κ2) is 9.47. The summed E-state index contributed by atoms with van der Waals surface area (Å²) in [6.07, 6.45) is 0.719. The zero-order chi connectivity index (χ0) is 19.1. The van der Waals surface area contributed by atoms with E-state index in [1.165, 1.54) is 0 Å². The average Bonchev–Trinajstić information content (AvgIpc) is 2.58. The number of aryl methyl sites for hydroxylation is 2. The molecule has 0 bridgehead atoms. The molecule has 1 N–H and O–H groups in total. The fraction of sp³-hybridized carbons (Fsp3) is 0.389. The highest BCUT2D eigenvalue weighted by Crippen LogP contribution is 2.24. The van der Waals surface area contributed by atoms with Crippen LogP contribution in [0.5, 0.6) is 5.75 Å². The molecule has 8 heteroatoms. The van der Waals surface area contributed by atoms with Gasteiger partial charge in [0.25, 0.3) is 5.76 Å². The SMILES string of the molecule is COc1ccccc1CNC(=O)CCc1c(C)nc(SC(F)F)nc1C. The third kappa shape index (κ3) is 5.66. The maximum atomic E-state index is 12.4. The Labute approximate surface area is 155 Å². The maximum Gasteiger partial charge on any atom is 0.291 e. The van der Waals surface area contributed by atoms with Crippen LogP contribution in [0.15, 0.2) is 29.4 Å². The van der Waals surface area contributed by atoms with E-state index in [1.54, 1.807) is 21.0 Å². The summed E-state index contributed by atoms with van der Waals surface area (Å²) in [6, 6.07) is 7.48. The largest absolute Gasteiger partial charge is 0.496 e. The summed E-state index contributed by atoms with van der Waals surface area (Å²) in [5, 5.41) is 2.91. The number of aromatic nitrogens is 2. The van der Waals surface area contributed by atoms with Gasteiger partial charge in [0.2, 0.25) is 5.91 Å². The van der Waals surface area contributed by atoms with Crippen LogP contribution in [-0.2, 0) is 17.8 Å². The molecule has 0 unspecified atom stereocenters. The number of carbonyl (C=O) groups is 1. The molecule has 0 radical (unpaired) electrons. The highest BCUT2D eigenvalue weighted by Gasteiger charge is 2.14. The summed E-state index contributed by atoms with van der Waals surface area (Å²) >= 11 is 0.322. The van der Waals surface area contributed by atoms with Crippen molar-refractivity contribution < 1.29 is 18.3 Å². The molecule has 0 saturated heterocycles. The molecule has 26 heavy (non-hydrogen) atoms. The lowest BCUT2D eigenvalue weighted by Gasteiger charge is -2.12. The van der Waals surface area contributed by atoms with Gasteiger partial charge >= 0.3 is 0 Å². The lowest BCUT2D eigenvalue weighted by molar-refractivity contribution is -0.121. The minimum absolute atomic E-state index is 0.0550. The van der Waals surface area contributed by atoms with Crippen molar-refractivity contribution in [3.8, 4) is 5.75 Å². The third-order valence-electron chi connectivity index (χ3n) is 3.87. The fourth-order valence-corrected chi connectivity index (χ4v) is 3.11. The summed E-state index contributed by atoms with van der Waals surface area (Å²) in [5.74, 6) is -1.94. The smallest absolute Gasteiger partial charge is 0.291 e. The number of carbonyl (C=O) groups excluding carboxylic acids is 1.